The minimum Gasteiger partial charge on any atom is -0.493 e. The lowest BCUT2D eigenvalue weighted by Crippen LogP contribution is -2.43. The van der Waals surface area contributed by atoms with Crippen molar-refractivity contribution in [3.8, 4) is 5.75 Å². The topological polar surface area (TPSA) is 83.0 Å². The number of nitrogens with one attached hydrogen (secondary N) is 2. The number of allylic oxidation sites excluding steroid dienone is 2. The number of fused-ring (bicyclic) bond motifs is 5. The summed E-state index contributed by atoms with van der Waals surface area (Å²) in [6.45, 7) is 6.38. The zero-order chi connectivity index (χ0) is 22.0. The van der Waals surface area contributed by atoms with Gasteiger partial charge in [-0.2, -0.15) is 0 Å². The Bertz CT molecular complexity index is 893. The summed E-state index contributed by atoms with van der Waals surface area (Å²) in [5.41, 5.74) is 0.934. The van der Waals surface area contributed by atoms with Crippen LogP contribution in [0.1, 0.15) is 25.8 Å². The lowest BCUT2D eigenvalue weighted by molar-refractivity contribution is -0.140. The van der Waals surface area contributed by atoms with Crippen LogP contribution in [0.3, 0.4) is 0 Å². The molecule has 1 aromatic carbocycles. The van der Waals surface area contributed by atoms with Gasteiger partial charge in [-0.25, -0.2) is 4.99 Å². The highest BCUT2D eigenvalue weighted by Gasteiger charge is 2.58. The maximum Gasteiger partial charge on any atom is 0.233 e. The zero-order valence-corrected chi connectivity index (χ0v) is 21.4. The first kappa shape index (κ1) is 24.8. The smallest absolute Gasteiger partial charge is 0.233 e. The summed E-state index contributed by atoms with van der Waals surface area (Å²) in [7, 11) is 0. The fourth-order valence-electron chi connectivity index (χ4n) is 4.93. The Labute approximate surface area is 211 Å². The summed E-state index contributed by atoms with van der Waals surface area (Å²) < 4.78 is 5.66. The summed E-state index contributed by atoms with van der Waals surface area (Å²) in [6.07, 6.45) is 5.18. The van der Waals surface area contributed by atoms with E-state index >= 15 is 0 Å². The third-order valence-electron chi connectivity index (χ3n) is 6.27. The number of imide groups is 1. The monoisotopic (exact) mass is 572 g/mol. The Balaban J connectivity index is 0.00000289. The normalized spacial score (nSPS) is 25.7. The highest BCUT2D eigenvalue weighted by molar-refractivity contribution is 14.0. The molecule has 1 saturated carbocycles. The van der Waals surface area contributed by atoms with Crippen LogP contribution < -0.4 is 15.4 Å². The predicted molar refractivity (Wildman–Crippen MR) is 135 cm³/mol. The number of ether oxygens (including phenoxy) is 1. The molecule has 2 fully saturated rings. The van der Waals surface area contributed by atoms with Crippen LogP contribution in [0.15, 0.2) is 35.3 Å². The summed E-state index contributed by atoms with van der Waals surface area (Å²) in [6, 6.07) is 5.52. The second-order valence-electron chi connectivity index (χ2n) is 8.13. The van der Waals surface area contributed by atoms with Crippen molar-refractivity contribution < 1.29 is 14.3 Å². The number of aliphatic imine (C=N–C) groups is 1. The molecule has 1 saturated heterocycles. The lowest BCUT2D eigenvalue weighted by Gasteiger charge is -2.18. The molecule has 2 aliphatic carbocycles. The van der Waals surface area contributed by atoms with Gasteiger partial charge in [0, 0.05) is 30.2 Å². The SMILES string of the molecule is CCNC(=NCc1ccc(Cl)cc1OCC)NCCN1C(=O)C2C3C=CC(C3)C2C1=O.I. The van der Waals surface area contributed by atoms with Gasteiger partial charge in [0.1, 0.15) is 5.75 Å². The van der Waals surface area contributed by atoms with E-state index in [-0.39, 0.29) is 59.5 Å². The van der Waals surface area contributed by atoms with E-state index in [2.05, 4.69) is 27.8 Å². The zero-order valence-electron chi connectivity index (χ0n) is 18.3. The number of hydrogen-bond donors (Lipinski definition) is 2. The van der Waals surface area contributed by atoms with E-state index in [1.807, 2.05) is 26.0 Å². The second-order valence-corrected chi connectivity index (χ2v) is 8.57. The average molecular weight is 573 g/mol. The van der Waals surface area contributed by atoms with Gasteiger partial charge in [0.2, 0.25) is 11.8 Å². The second kappa shape index (κ2) is 10.9. The van der Waals surface area contributed by atoms with Gasteiger partial charge in [0.15, 0.2) is 5.96 Å². The number of halogens is 2. The molecule has 1 aromatic rings. The molecule has 2 amide bonds. The Morgan fingerprint density at radius 2 is 1.84 bits per heavy atom. The third-order valence-corrected chi connectivity index (χ3v) is 6.51. The van der Waals surface area contributed by atoms with Gasteiger partial charge < -0.3 is 15.4 Å². The largest absolute Gasteiger partial charge is 0.493 e. The van der Waals surface area contributed by atoms with E-state index in [1.54, 1.807) is 6.07 Å². The van der Waals surface area contributed by atoms with E-state index in [4.69, 9.17) is 16.3 Å². The molecule has 9 heteroatoms. The maximum atomic E-state index is 12.8. The van der Waals surface area contributed by atoms with Gasteiger partial charge in [-0.1, -0.05) is 29.8 Å². The average Bonchev–Trinajstić information content (AvgIpc) is 3.43. The number of nitrogens with zero attached hydrogens (tertiary/aromatic N) is 2. The van der Waals surface area contributed by atoms with Gasteiger partial charge >= 0.3 is 0 Å². The molecule has 1 aliphatic heterocycles. The van der Waals surface area contributed by atoms with Crippen LogP contribution in [-0.2, 0) is 16.1 Å². The Morgan fingerprint density at radius 3 is 2.47 bits per heavy atom. The fourth-order valence-corrected chi connectivity index (χ4v) is 5.09. The molecule has 4 atom stereocenters. The number of amides is 2. The van der Waals surface area contributed by atoms with Gasteiger partial charge in [-0.3, -0.25) is 14.5 Å². The lowest BCUT2D eigenvalue weighted by atomic mass is 9.85. The maximum absolute atomic E-state index is 12.8. The third kappa shape index (κ3) is 4.90. The number of guanidine groups is 1. The van der Waals surface area contributed by atoms with Crippen molar-refractivity contribution in [1.82, 2.24) is 15.5 Å². The van der Waals surface area contributed by atoms with Gasteiger partial charge in [-0.15, -0.1) is 24.0 Å². The number of carbonyl (C=O) groups excluding carboxylic acids is 2. The van der Waals surface area contributed by atoms with Crippen molar-refractivity contribution in [3.63, 3.8) is 0 Å². The highest BCUT2D eigenvalue weighted by atomic mass is 127. The molecule has 0 spiro atoms. The number of hydrogen-bond acceptors (Lipinski definition) is 4. The molecular weight excluding hydrogens is 543 g/mol. The molecule has 1 heterocycles. The van der Waals surface area contributed by atoms with E-state index in [0.29, 0.717) is 43.8 Å². The molecule has 32 heavy (non-hydrogen) atoms. The summed E-state index contributed by atoms with van der Waals surface area (Å²) in [5, 5.41) is 7.06. The Morgan fingerprint density at radius 1 is 1.16 bits per heavy atom. The van der Waals surface area contributed by atoms with Crippen molar-refractivity contribution in [3.05, 3.63) is 40.9 Å². The first-order chi connectivity index (χ1) is 15.0. The molecule has 3 aliphatic rings. The van der Waals surface area contributed by atoms with E-state index < -0.39 is 0 Å². The number of carbonyl (C=O) groups is 2. The molecule has 4 rings (SSSR count). The quantitative estimate of drug-likeness (QED) is 0.164. The Kier molecular flexibility index (Phi) is 8.43. The minimum atomic E-state index is -0.147. The summed E-state index contributed by atoms with van der Waals surface area (Å²) in [4.78, 5) is 31.7. The van der Waals surface area contributed by atoms with Crippen LogP contribution >= 0.6 is 35.6 Å². The molecule has 2 N–H and O–H groups in total. The fraction of sp³-hybridized carbons (Fsp3) is 0.522. The minimum absolute atomic E-state index is 0. The molecule has 174 valence electrons. The van der Waals surface area contributed by atoms with Gasteiger partial charge in [0.25, 0.3) is 0 Å². The molecule has 4 unspecified atom stereocenters. The van der Waals surface area contributed by atoms with Crippen molar-refractivity contribution in [2.24, 2.45) is 28.7 Å². The van der Waals surface area contributed by atoms with Crippen LogP contribution in [0, 0.1) is 23.7 Å². The first-order valence-electron chi connectivity index (χ1n) is 11.0. The molecular formula is C23H30ClIN4O3. The van der Waals surface area contributed by atoms with Crippen LogP contribution in [0.5, 0.6) is 5.75 Å². The van der Waals surface area contributed by atoms with Crippen LogP contribution in [0.2, 0.25) is 5.02 Å². The van der Waals surface area contributed by atoms with Crippen molar-refractivity contribution in [1.29, 1.82) is 0 Å². The number of likely N-dealkylation sites (tertiary alicyclic amines) is 1. The van der Waals surface area contributed by atoms with Crippen molar-refractivity contribution in [2.45, 2.75) is 26.8 Å². The van der Waals surface area contributed by atoms with Crippen molar-refractivity contribution >= 4 is 53.4 Å². The predicted octanol–water partition coefficient (Wildman–Crippen LogP) is 3.22. The number of rotatable bonds is 8. The molecule has 7 nitrogen and oxygen atoms in total. The summed E-state index contributed by atoms with van der Waals surface area (Å²) in [5.74, 6) is 1.50. The molecule has 2 bridgehead atoms. The Hall–Kier alpha value is -1.81. The summed E-state index contributed by atoms with van der Waals surface area (Å²) >= 11 is 6.07. The van der Waals surface area contributed by atoms with E-state index in [1.165, 1.54) is 4.90 Å². The highest BCUT2D eigenvalue weighted by Crippen LogP contribution is 2.52. The van der Waals surface area contributed by atoms with Gasteiger partial charge in [0.05, 0.1) is 25.0 Å². The van der Waals surface area contributed by atoms with E-state index in [9.17, 15) is 9.59 Å². The first-order valence-corrected chi connectivity index (χ1v) is 11.4. The van der Waals surface area contributed by atoms with Crippen LogP contribution in [0.25, 0.3) is 0 Å². The van der Waals surface area contributed by atoms with Crippen LogP contribution in [0.4, 0.5) is 0 Å². The molecule has 0 radical (unpaired) electrons. The van der Waals surface area contributed by atoms with Gasteiger partial charge in [-0.05, 0) is 44.2 Å². The molecule has 0 aromatic heterocycles. The number of benzene rings is 1. The standard InChI is InChI=1S/C23H29ClN4O3.HI/c1-3-25-23(27-13-16-7-8-17(24)12-18(16)31-4-2)26-9-10-28-21(29)19-14-5-6-15(11-14)20(19)22(28)30;/h5-8,12,14-15,19-20H,3-4,9-11,13H2,1-2H3,(H2,25,26,27);1H. The van der Waals surface area contributed by atoms with Crippen molar-refractivity contribution in [2.75, 3.05) is 26.2 Å². The van der Waals surface area contributed by atoms with Crippen LogP contribution in [-0.4, -0.2) is 48.9 Å². The van der Waals surface area contributed by atoms with E-state index in [0.717, 1.165) is 17.7 Å².